The van der Waals surface area contributed by atoms with Crippen LogP contribution >= 0.6 is 23.1 Å². The fraction of sp³-hybridized carbons (Fsp3) is 0. The van der Waals surface area contributed by atoms with Gasteiger partial charge >= 0.3 is 0 Å². The molecule has 7 nitrogen and oxygen atoms in total. The van der Waals surface area contributed by atoms with Crippen LogP contribution in [0.3, 0.4) is 0 Å². The van der Waals surface area contributed by atoms with Crippen molar-refractivity contribution >= 4 is 28.8 Å². The van der Waals surface area contributed by atoms with Gasteiger partial charge in [0.2, 0.25) is 0 Å². The third-order valence-electron chi connectivity index (χ3n) is 2.62. The maximum absolute atomic E-state index is 11.0. The number of nitriles is 1. The fourth-order valence-electron chi connectivity index (χ4n) is 1.66. The molecular weight excluding hydrogens is 324 g/mol. The van der Waals surface area contributed by atoms with Crippen molar-refractivity contribution in [1.29, 1.82) is 5.26 Å². The molecule has 0 aliphatic rings. The Kier molecular flexibility index (Phi) is 3.86. The molecule has 0 N–H and O–H groups in total. The summed E-state index contributed by atoms with van der Waals surface area (Å²) in [5, 5.41) is 29.8. The lowest BCUT2D eigenvalue weighted by Crippen LogP contribution is -1.91. The summed E-state index contributed by atoms with van der Waals surface area (Å²) in [4.78, 5) is 11.6. The van der Waals surface area contributed by atoms with Crippen LogP contribution in [-0.2, 0) is 0 Å². The Bertz CT molecular complexity index is 868. The highest BCUT2D eigenvalue weighted by Crippen LogP contribution is 2.36. The molecule has 0 unspecified atom stereocenters. The van der Waals surface area contributed by atoms with Gasteiger partial charge in [0, 0.05) is 6.07 Å². The van der Waals surface area contributed by atoms with Gasteiger partial charge in [-0.05, 0) is 35.3 Å². The van der Waals surface area contributed by atoms with Crippen molar-refractivity contribution < 1.29 is 9.34 Å². The zero-order valence-corrected chi connectivity index (χ0v) is 12.4. The Morgan fingerprint density at radius 3 is 2.91 bits per heavy atom. The van der Waals surface area contributed by atoms with E-state index in [1.807, 2.05) is 23.6 Å². The molecule has 3 aromatic rings. The number of nitrogens with zero attached hydrogens (tertiary/aromatic N) is 4. The number of rotatable bonds is 4. The van der Waals surface area contributed by atoms with Gasteiger partial charge < -0.3 is 4.42 Å². The molecule has 0 saturated heterocycles. The molecule has 0 aliphatic heterocycles. The Labute approximate surface area is 132 Å². The summed E-state index contributed by atoms with van der Waals surface area (Å²) in [7, 11) is 0. The predicted octanol–water partition coefficient (Wildman–Crippen LogP) is 3.73. The lowest BCUT2D eigenvalue weighted by atomic mass is 10.2. The zero-order valence-electron chi connectivity index (χ0n) is 10.8. The highest BCUT2D eigenvalue weighted by Gasteiger charge is 2.19. The van der Waals surface area contributed by atoms with Gasteiger partial charge in [-0.25, -0.2) is 0 Å². The van der Waals surface area contributed by atoms with Crippen LogP contribution in [-0.4, -0.2) is 15.1 Å². The van der Waals surface area contributed by atoms with Gasteiger partial charge in [0.1, 0.15) is 0 Å². The fourth-order valence-corrected chi connectivity index (χ4v) is 3.13. The van der Waals surface area contributed by atoms with Crippen molar-refractivity contribution in [3.63, 3.8) is 0 Å². The Morgan fingerprint density at radius 1 is 1.36 bits per heavy atom. The first kappa shape index (κ1) is 14.2. The molecule has 0 atom stereocenters. The first-order valence-corrected chi connectivity index (χ1v) is 7.61. The molecule has 1 aromatic carbocycles. The average molecular weight is 330 g/mol. The largest absolute Gasteiger partial charge is 0.410 e. The van der Waals surface area contributed by atoms with Gasteiger partial charge in [-0.3, -0.25) is 10.1 Å². The number of hydrogen-bond acceptors (Lipinski definition) is 8. The summed E-state index contributed by atoms with van der Waals surface area (Å²) < 4.78 is 5.49. The molecule has 2 heterocycles. The second-order valence-electron chi connectivity index (χ2n) is 4.00. The highest BCUT2D eigenvalue weighted by atomic mass is 32.2. The number of aromatic nitrogens is 2. The van der Waals surface area contributed by atoms with Crippen LogP contribution in [0, 0.1) is 21.4 Å². The molecule has 0 saturated carbocycles. The lowest BCUT2D eigenvalue weighted by molar-refractivity contribution is -0.387. The minimum Gasteiger partial charge on any atom is -0.410 e. The summed E-state index contributed by atoms with van der Waals surface area (Å²) in [5.41, 5.74) is 0.214. The Morgan fingerprint density at radius 2 is 2.23 bits per heavy atom. The highest BCUT2D eigenvalue weighted by molar-refractivity contribution is 7.99. The van der Waals surface area contributed by atoms with Gasteiger partial charge in [0.15, 0.2) is 0 Å². The van der Waals surface area contributed by atoms with E-state index >= 15 is 0 Å². The van der Waals surface area contributed by atoms with Crippen LogP contribution in [0.5, 0.6) is 0 Å². The van der Waals surface area contributed by atoms with E-state index in [9.17, 15) is 10.1 Å². The van der Waals surface area contributed by atoms with Gasteiger partial charge in [0.05, 0.1) is 26.3 Å². The minimum absolute atomic E-state index is 0.111. The molecule has 0 aliphatic carbocycles. The summed E-state index contributed by atoms with van der Waals surface area (Å²) in [5.74, 6) is 0.358. The van der Waals surface area contributed by atoms with Crippen LogP contribution in [0.25, 0.3) is 10.8 Å². The smallest absolute Gasteiger partial charge is 0.283 e. The minimum atomic E-state index is -0.514. The summed E-state index contributed by atoms with van der Waals surface area (Å²) in [6, 6.07) is 9.76. The molecule has 0 bridgehead atoms. The van der Waals surface area contributed by atoms with Crippen molar-refractivity contribution in [2.24, 2.45) is 0 Å². The molecule has 0 fully saturated rings. The molecular formula is C13H6N4O3S2. The van der Waals surface area contributed by atoms with Gasteiger partial charge in [-0.15, -0.1) is 21.5 Å². The van der Waals surface area contributed by atoms with Gasteiger partial charge in [-0.2, -0.15) is 5.26 Å². The normalized spacial score (nSPS) is 10.3. The molecule has 0 amide bonds. The summed E-state index contributed by atoms with van der Waals surface area (Å²) >= 11 is 2.41. The molecule has 108 valence electrons. The topological polar surface area (TPSA) is 106 Å². The Balaban J connectivity index is 1.93. The zero-order chi connectivity index (χ0) is 15.5. The van der Waals surface area contributed by atoms with Crippen LogP contribution in [0.15, 0.2) is 50.2 Å². The number of nitro benzene ring substituents is 1. The van der Waals surface area contributed by atoms with E-state index < -0.39 is 4.92 Å². The standard InChI is InChI=1S/C13H6N4O3S2/c14-7-8-3-4-9(17(18)19)11(6-8)22-13-16-15-12(20-13)10-2-1-5-21-10/h1-6H. The van der Waals surface area contributed by atoms with Crippen molar-refractivity contribution in [3.8, 4) is 16.8 Å². The maximum Gasteiger partial charge on any atom is 0.283 e. The first-order valence-electron chi connectivity index (χ1n) is 5.91. The third kappa shape index (κ3) is 2.83. The van der Waals surface area contributed by atoms with Crippen LogP contribution in [0.2, 0.25) is 0 Å². The molecule has 3 rings (SSSR count). The number of hydrogen-bond donors (Lipinski definition) is 0. The number of thiophene rings is 1. The first-order chi connectivity index (χ1) is 10.7. The van der Waals surface area contributed by atoms with E-state index in [-0.39, 0.29) is 15.8 Å². The van der Waals surface area contributed by atoms with E-state index in [4.69, 9.17) is 9.68 Å². The van der Waals surface area contributed by atoms with Gasteiger partial charge in [-0.1, -0.05) is 6.07 Å². The maximum atomic E-state index is 11.0. The number of nitro groups is 1. The van der Waals surface area contributed by atoms with Crippen molar-refractivity contribution in [2.45, 2.75) is 10.1 Å². The monoisotopic (exact) mass is 330 g/mol. The van der Waals surface area contributed by atoms with E-state index in [1.165, 1.54) is 29.5 Å². The van der Waals surface area contributed by atoms with Crippen LogP contribution in [0.4, 0.5) is 5.69 Å². The summed E-state index contributed by atoms with van der Waals surface area (Å²) in [6.07, 6.45) is 0. The third-order valence-corrected chi connectivity index (χ3v) is 4.37. The summed E-state index contributed by atoms with van der Waals surface area (Å²) in [6.45, 7) is 0. The van der Waals surface area contributed by atoms with Gasteiger partial charge in [0.25, 0.3) is 16.8 Å². The van der Waals surface area contributed by atoms with Crippen LogP contribution < -0.4 is 0 Å². The quantitative estimate of drug-likeness (QED) is 0.530. The molecule has 22 heavy (non-hydrogen) atoms. The second-order valence-corrected chi connectivity index (χ2v) is 5.94. The molecule has 9 heteroatoms. The van der Waals surface area contributed by atoms with E-state index in [2.05, 4.69) is 10.2 Å². The van der Waals surface area contributed by atoms with Crippen molar-refractivity contribution in [3.05, 3.63) is 51.4 Å². The molecule has 2 aromatic heterocycles. The SMILES string of the molecule is N#Cc1ccc([N+](=O)[O-])c(Sc2nnc(-c3cccs3)o2)c1. The van der Waals surface area contributed by atoms with Crippen molar-refractivity contribution in [1.82, 2.24) is 10.2 Å². The predicted molar refractivity (Wildman–Crippen MR) is 79.5 cm³/mol. The van der Waals surface area contributed by atoms with E-state index in [0.717, 1.165) is 16.6 Å². The van der Waals surface area contributed by atoms with E-state index in [0.29, 0.717) is 11.5 Å². The second kappa shape index (κ2) is 5.97. The van der Waals surface area contributed by atoms with E-state index in [1.54, 1.807) is 0 Å². The number of benzene rings is 1. The molecule has 0 spiro atoms. The Hall–Kier alpha value is -2.70. The average Bonchev–Trinajstić information content (AvgIpc) is 3.17. The lowest BCUT2D eigenvalue weighted by Gasteiger charge is -1.99. The van der Waals surface area contributed by atoms with Crippen molar-refractivity contribution in [2.75, 3.05) is 0 Å². The molecule has 0 radical (unpaired) electrons. The van der Waals surface area contributed by atoms with Crippen LogP contribution in [0.1, 0.15) is 5.56 Å².